The second kappa shape index (κ2) is 6.97. The first-order chi connectivity index (χ1) is 11.1. The minimum absolute atomic E-state index is 0.353. The number of rotatable bonds is 5. The van der Waals surface area contributed by atoms with Gasteiger partial charge >= 0.3 is 5.97 Å². The fourth-order valence-corrected chi connectivity index (χ4v) is 3.32. The van der Waals surface area contributed by atoms with Crippen LogP contribution in [-0.2, 0) is 13.0 Å². The van der Waals surface area contributed by atoms with E-state index in [9.17, 15) is 4.79 Å². The lowest BCUT2D eigenvalue weighted by Gasteiger charge is -2.24. The van der Waals surface area contributed by atoms with E-state index in [1.807, 2.05) is 12.1 Å². The van der Waals surface area contributed by atoms with Gasteiger partial charge in [-0.3, -0.25) is 4.90 Å². The average Bonchev–Trinajstić information content (AvgIpc) is 2.97. The number of aryl methyl sites for hydroxylation is 1. The molecule has 1 aliphatic rings. The van der Waals surface area contributed by atoms with E-state index in [0.29, 0.717) is 11.6 Å². The van der Waals surface area contributed by atoms with Gasteiger partial charge in [0.25, 0.3) is 0 Å². The number of carbonyl (C=O) groups is 1. The van der Waals surface area contributed by atoms with Gasteiger partial charge in [0, 0.05) is 12.6 Å². The normalized spacial score (nSPS) is 18.2. The number of hydrogen-bond donors (Lipinski definition) is 1. The zero-order valence-corrected chi connectivity index (χ0v) is 13.5. The van der Waals surface area contributed by atoms with E-state index in [1.54, 1.807) is 12.1 Å². The van der Waals surface area contributed by atoms with Gasteiger partial charge in [0.1, 0.15) is 0 Å². The van der Waals surface area contributed by atoms with Gasteiger partial charge < -0.3 is 5.11 Å². The lowest BCUT2D eigenvalue weighted by Crippen LogP contribution is -2.30. The predicted octanol–water partition coefficient (Wildman–Crippen LogP) is 3.90. The molecule has 1 heterocycles. The van der Waals surface area contributed by atoms with Crippen molar-refractivity contribution in [3.8, 4) is 0 Å². The molecule has 0 spiro atoms. The molecule has 2 aromatic rings. The van der Waals surface area contributed by atoms with E-state index >= 15 is 0 Å². The van der Waals surface area contributed by atoms with E-state index in [1.165, 1.54) is 29.5 Å². The highest BCUT2D eigenvalue weighted by molar-refractivity contribution is 5.87. The zero-order chi connectivity index (χ0) is 16.2. The average molecular weight is 309 g/mol. The number of carboxylic acids is 1. The Hall–Kier alpha value is -2.13. The van der Waals surface area contributed by atoms with Crippen LogP contribution in [0, 0.1) is 6.92 Å². The quantitative estimate of drug-likeness (QED) is 0.910. The maximum absolute atomic E-state index is 10.9. The first-order valence-electron chi connectivity index (χ1n) is 8.23. The van der Waals surface area contributed by atoms with Crippen molar-refractivity contribution in [2.75, 3.05) is 6.54 Å². The minimum atomic E-state index is -0.866. The fraction of sp³-hybridized carbons (Fsp3) is 0.350. The van der Waals surface area contributed by atoms with E-state index in [4.69, 9.17) is 5.11 Å². The van der Waals surface area contributed by atoms with E-state index in [2.05, 4.69) is 36.1 Å². The Balaban J connectivity index is 1.64. The molecule has 1 saturated heterocycles. The number of benzene rings is 2. The van der Waals surface area contributed by atoms with E-state index in [-0.39, 0.29) is 0 Å². The third kappa shape index (κ3) is 3.99. The van der Waals surface area contributed by atoms with Gasteiger partial charge in [0.05, 0.1) is 5.56 Å². The summed E-state index contributed by atoms with van der Waals surface area (Å²) in [5.74, 6) is -0.866. The number of carboxylic acid groups (broad SMARTS) is 1. The van der Waals surface area contributed by atoms with Crippen LogP contribution in [-0.4, -0.2) is 28.6 Å². The van der Waals surface area contributed by atoms with Gasteiger partial charge in [-0.25, -0.2) is 4.79 Å². The summed E-state index contributed by atoms with van der Waals surface area (Å²) in [5, 5.41) is 8.98. The Bertz CT molecular complexity index is 661. The van der Waals surface area contributed by atoms with Gasteiger partial charge in [0.15, 0.2) is 0 Å². The van der Waals surface area contributed by atoms with Crippen LogP contribution in [0.15, 0.2) is 48.5 Å². The van der Waals surface area contributed by atoms with Crippen molar-refractivity contribution in [3.63, 3.8) is 0 Å². The fourth-order valence-electron chi connectivity index (χ4n) is 3.32. The molecule has 3 heteroatoms. The van der Waals surface area contributed by atoms with Crippen LogP contribution in [0.5, 0.6) is 0 Å². The van der Waals surface area contributed by atoms with Crippen LogP contribution in [0.3, 0.4) is 0 Å². The molecule has 0 saturated carbocycles. The van der Waals surface area contributed by atoms with Gasteiger partial charge in [0.2, 0.25) is 0 Å². The van der Waals surface area contributed by atoms with Gasteiger partial charge in [-0.15, -0.1) is 0 Å². The number of aromatic carboxylic acids is 1. The van der Waals surface area contributed by atoms with Crippen LogP contribution in [0.1, 0.15) is 39.9 Å². The summed E-state index contributed by atoms with van der Waals surface area (Å²) in [6.45, 7) is 4.14. The Morgan fingerprint density at radius 1 is 1.09 bits per heavy atom. The standard InChI is InChI=1S/C20H23NO2/c1-15-4-6-16(7-5-15)13-19-3-2-12-21(19)14-17-8-10-18(11-9-17)20(22)23/h4-11,19H,2-3,12-14H2,1H3,(H,22,23). The first kappa shape index (κ1) is 15.8. The molecule has 3 rings (SSSR count). The summed E-state index contributed by atoms with van der Waals surface area (Å²) >= 11 is 0. The third-order valence-electron chi connectivity index (χ3n) is 4.68. The molecule has 0 bridgehead atoms. The highest BCUT2D eigenvalue weighted by Gasteiger charge is 2.24. The highest BCUT2D eigenvalue weighted by Crippen LogP contribution is 2.23. The molecule has 23 heavy (non-hydrogen) atoms. The van der Waals surface area contributed by atoms with Crippen molar-refractivity contribution in [2.24, 2.45) is 0 Å². The van der Waals surface area contributed by atoms with Gasteiger partial charge in [-0.2, -0.15) is 0 Å². The van der Waals surface area contributed by atoms with Crippen molar-refractivity contribution >= 4 is 5.97 Å². The molecule has 3 nitrogen and oxygen atoms in total. The van der Waals surface area contributed by atoms with Gasteiger partial charge in [-0.05, 0) is 56.0 Å². The maximum Gasteiger partial charge on any atom is 0.335 e. The smallest absolute Gasteiger partial charge is 0.335 e. The van der Waals surface area contributed by atoms with E-state index in [0.717, 1.165) is 19.5 Å². The van der Waals surface area contributed by atoms with Crippen LogP contribution in [0.2, 0.25) is 0 Å². The summed E-state index contributed by atoms with van der Waals surface area (Å²) in [6.07, 6.45) is 3.57. The molecule has 1 unspecified atom stereocenters. The molecule has 0 radical (unpaired) electrons. The lowest BCUT2D eigenvalue weighted by molar-refractivity contribution is 0.0697. The molecule has 1 atom stereocenters. The van der Waals surface area contributed by atoms with E-state index < -0.39 is 5.97 Å². The SMILES string of the molecule is Cc1ccc(CC2CCCN2Cc2ccc(C(=O)O)cc2)cc1. The molecule has 0 aliphatic carbocycles. The minimum Gasteiger partial charge on any atom is -0.478 e. The van der Waals surface area contributed by atoms with Crippen LogP contribution >= 0.6 is 0 Å². The number of nitrogens with zero attached hydrogens (tertiary/aromatic N) is 1. The molecule has 1 N–H and O–H groups in total. The summed E-state index contributed by atoms with van der Waals surface area (Å²) in [7, 11) is 0. The molecule has 1 aliphatic heterocycles. The second-order valence-electron chi connectivity index (χ2n) is 6.46. The van der Waals surface area contributed by atoms with Gasteiger partial charge in [-0.1, -0.05) is 42.0 Å². The van der Waals surface area contributed by atoms with Crippen LogP contribution < -0.4 is 0 Å². The zero-order valence-electron chi connectivity index (χ0n) is 13.5. The monoisotopic (exact) mass is 309 g/mol. The maximum atomic E-state index is 10.9. The Kier molecular flexibility index (Phi) is 4.77. The summed E-state index contributed by atoms with van der Waals surface area (Å²) in [6, 6.07) is 16.7. The van der Waals surface area contributed by atoms with Crippen molar-refractivity contribution in [3.05, 3.63) is 70.8 Å². The highest BCUT2D eigenvalue weighted by atomic mass is 16.4. The molecule has 2 aromatic carbocycles. The van der Waals surface area contributed by atoms with Crippen molar-refractivity contribution in [1.29, 1.82) is 0 Å². The Morgan fingerprint density at radius 2 is 1.74 bits per heavy atom. The second-order valence-corrected chi connectivity index (χ2v) is 6.46. The molecule has 0 aromatic heterocycles. The van der Waals surface area contributed by atoms with Crippen LogP contribution in [0.25, 0.3) is 0 Å². The Morgan fingerprint density at radius 3 is 2.39 bits per heavy atom. The predicted molar refractivity (Wildman–Crippen MR) is 91.7 cm³/mol. The van der Waals surface area contributed by atoms with Crippen LogP contribution in [0.4, 0.5) is 0 Å². The molecular weight excluding hydrogens is 286 g/mol. The number of likely N-dealkylation sites (tertiary alicyclic amines) is 1. The molecule has 0 amide bonds. The Labute approximate surface area is 137 Å². The summed E-state index contributed by atoms with van der Waals surface area (Å²) < 4.78 is 0. The van der Waals surface area contributed by atoms with Crippen molar-refractivity contribution in [1.82, 2.24) is 4.90 Å². The number of hydrogen-bond acceptors (Lipinski definition) is 2. The first-order valence-corrected chi connectivity index (χ1v) is 8.23. The molecule has 1 fully saturated rings. The third-order valence-corrected chi connectivity index (χ3v) is 4.68. The molecule has 120 valence electrons. The summed E-state index contributed by atoms with van der Waals surface area (Å²) in [5.41, 5.74) is 4.24. The largest absolute Gasteiger partial charge is 0.478 e. The van der Waals surface area contributed by atoms with Crippen molar-refractivity contribution < 1.29 is 9.90 Å². The topological polar surface area (TPSA) is 40.5 Å². The summed E-state index contributed by atoms with van der Waals surface area (Å²) in [4.78, 5) is 13.4. The lowest BCUT2D eigenvalue weighted by atomic mass is 10.0. The molecular formula is C20H23NO2. The van der Waals surface area contributed by atoms with Crippen molar-refractivity contribution in [2.45, 2.75) is 38.8 Å².